The summed E-state index contributed by atoms with van der Waals surface area (Å²) in [5, 5.41) is 3.04. The molecule has 1 N–H and O–H groups in total. The summed E-state index contributed by atoms with van der Waals surface area (Å²) in [6, 6.07) is 6.50. The Hall–Kier alpha value is -0.830. The Balaban J connectivity index is 2.09. The zero-order valence-electron chi connectivity index (χ0n) is 7.59. The number of rotatable bonds is 0. The maximum absolute atomic E-state index is 11.2. The lowest BCUT2D eigenvalue weighted by molar-refractivity contribution is -0.119. The summed E-state index contributed by atoms with van der Waals surface area (Å²) < 4.78 is 1.18. The Labute approximate surface area is 90.8 Å². The van der Waals surface area contributed by atoms with E-state index in [4.69, 9.17) is 0 Å². The highest BCUT2D eigenvalue weighted by Gasteiger charge is 2.40. The lowest BCUT2D eigenvalue weighted by Crippen LogP contribution is -2.18. The van der Waals surface area contributed by atoms with Crippen molar-refractivity contribution < 1.29 is 4.79 Å². The van der Waals surface area contributed by atoms with E-state index in [1.807, 2.05) is 6.07 Å². The van der Waals surface area contributed by atoms with E-state index < -0.39 is 0 Å². The molecule has 0 spiro atoms. The van der Waals surface area contributed by atoms with Crippen molar-refractivity contribution in [3.63, 3.8) is 0 Å². The molecule has 14 heavy (non-hydrogen) atoms. The maximum Gasteiger partial charge on any atom is 0.220 e. The van der Waals surface area contributed by atoms with E-state index in [1.165, 1.54) is 15.6 Å². The van der Waals surface area contributed by atoms with Crippen molar-refractivity contribution in [3.8, 4) is 0 Å². The van der Waals surface area contributed by atoms with E-state index in [2.05, 4.69) is 33.4 Å². The van der Waals surface area contributed by atoms with E-state index in [1.54, 1.807) is 0 Å². The second kappa shape index (κ2) is 2.83. The van der Waals surface area contributed by atoms with Gasteiger partial charge in [-0.2, -0.15) is 0 Å². The van der Waals surface area contributed by atoms with Gasteiger partial charge in [-0.25, -0.2) is 0 Å². The fourth-order valence-electron chi connectivity index (χ4n) is 2.57. The molecule has 2 unspecified atom stereocenters. The average molecular weight is 252 g/mol. The van der Waals surface area contributed by atoms with Gasteiger partial charge in [-0.3, -0.25) is 4.79 Å². The van der Waals surface area contributed by atoms with Crippen LogP contribution in [0.4, 0.5) is 0 Å². The van der Waals surface area contributed by atoms with Crippen molar-refractivity contribution in [2.45, 2.75) is 18.9 Å². The van der Waals surface area contributed by atoms with Crippen molar-refractivity contribution in [2.24, 2.45) is 5.92 Å². The molecule has 0 bridgehead atoms. The molecule has 1 aromatic carbocycles. The molecule has 2 atom stereocenters. The summed E-state index contributed by atoms with van der Waals surface area (Å²) in [4.78, 5) is 11.2. The molecule has 1 saturated heterocycles. The van der Waals surface area contributed by atoms with Gasteiger partial charge in [0.2, 0.25) is 5.91 Å². The Kier molecular flexibility index (Phi) is 1.71. The number of carbonyl (C=O) groups excluding carboxylic acids is 1. The van der Waals surface area contributed by atoms with Crippen molar-refractivity contribution >= 4 is 21.8 Å². The number of fused-ring (bicyclic) bond motifs is 3. The molecular formula is C11H10BrNO. The molecule has 0 saturated carbocycles. The van der Waals surface area contributed by atoms with Crippen molar-refractivity contribution in [2.75, 3.05) is 0 Å². The van der Waals surface area contributed by atoms with Crippen LogP contribution in [0.3, 0.4) is 0 Å². The zero-order valence-corrected chi connectivity index (χ0v) is 9.17. The number of amides is 1. The molecule has 0 aromatic heterocycles. The van der Waals surface area contributed by atoms with E-state index >= 15 is 0 Å². The third kappa shape index (κ3) is 1.05. The Morgan fingerprint density at radius 1 is 1.36 bits per heavy atom. The Morgan fingerprint density at radius 3 is 3.07 bits per heavy atom. The lowest BCUT2D eigenvalue weighted by atomic mass is 10.0. The third-order valence-electron chi connectivity index (χ3n) is 3.19. The minimum absolute atomic E-state index is 0.200. The van der Waals surface area contributed by atoms with Gasteiger partial charge in [0, 0.05) is 10.9 Å². The molecule has 1 aliphatic heterocycles. The molecule has 2 nitrogen and oxygen atoms in total. The first-order valence-corrected chi connectivity index (χ1v) is 5.61. The molecule has 2 aliphatic rings. The zero-order chi connectivity index (χ0) is 9.71. The number of hydrogen-bond donors (Lipinski definition) is 1. The summed E-state index contributed by atoms with van der Waals surface area (Å²) in [7, 11) is 0. The van der Waals surface area contributed by atoms with Gasteiger partial charge in [-0.1, -0.05) is 28.1 Å². The quantitative estimate of drug-likeness (QED) is 0.753. The first-order chi connectivity index (χ1) is 6.75. The van der Waals surface area contributed by atoms with Crippen LogP contribution in [0.25, 0.3) is 0 Å². The van der Waals surface area contributed by atoms with Gasteiger partial charge in [0.25, 0.3) is 0 Å². The van der Waals surface area contributed by atoms with Gasteiger partial charge in [-0.05, 0) is 29.5 Å². The molecule has 0 radical (unpaired) electrons. The standard InChI is InChI=1S/C11H10BrNO/c12-9-3-1-2-7-8(9)4-6-5-10(14)13-11(6)7/h1-3,6,11H,4-5H2,(H,13,14). The van der Waals surface area contributed by atoms with Gasteiger partial charge >= 0.3 is 0 Å². The normalized spacial score (nSPS) is 28.5. The van der Waals surface area contributed by atoms with Crippen LogP contribution in [0.1, 0.15) is 23.6 Å². The van der Waals surface area contributed by atoms with Gasteiger partial charge in [0.1, 0.15) is 0 Å². The minimum atomic E-state index is 0.200. The predicted molar refractivity (Wildman–Crippen MR) is 56.8 cm³/mol. The van der Waals surface area contributed by atoms with Crippen LogP contribution in [-0.4, -0.2) is 5.91 Å². The minimum Gasteiger partial charge on any atom is -0.349 e. The fourth-order valence-corrected chi connectivity index (χ4v) is 3.12. The molecule has 72 valence electrons. The van der Waals surface area contributed by atoms with Crippen LogP contribution in [0.5, 0.6) is 0 Å². The highest BCUT2D eigenvalue weighted by atomic mass is 79.9. The monoisotopic (exact) mass is 251 g/mol. The smallest absolute Gasteiger partial charge is 0.220 e. The van der Waals surface area contributed by atoms with Gasteiger partial charge in [0.15, 0.2) is 0 Å². The molecule has 1 amide bonds. The Bertz CT molecular complexity index is 416. The van der Waals surface area contributed by atoms with Crippen molar-refractivity contribution in [1.29, 1.82) is 0 Å². The number of hydrogen-bond acceptors (Lipinski definition) is 1. The summed E-state index contributed by atoms with van der Waals surface area (Å²) in [5.74, 6) is 0.682. The van der Waals surface area contributed by atoms with Gasteiger partial charge in [-0.15, -0.1) is 0 Å². The second-order valence-corrected chi connectivity index (χ2v) is 4.88. The molecule has 1 aromatic rings. The highest BCUT2D eigenvalue weighted by molar-refractivity contribution is 9.10. The maximum atomic E-state index is 11.2. The van der Waals surface area contributed by atoms with Crippen LogP contribution in [0.2, 0.25) is 0 Å². The number of halogens is 1. The van der Waals surface area contributed by atoms with E-state index in [-0.39, 0.29) is 11.9 Å². The topological polar surface area (TPSA) is 29.1 Å². The van der Waals surface area contributed by atoms with Crippen molar-refractivity contribution in [3.05, 3.63) is 33.8 Å². The predicted octanol–water partition coefficient (Wildman–Crippen LogP) is 2.18. The van der Waals surface area contributed by atoms with E-state index in [0.29, 0.717) is 12.3 Å². The summed E-state index contributed by atoms with van der Waals surface area (Å²) in [5.41, 5.74) is 2.68. The summed E-state index contributed by atoms with van der Waals surface area (Å²) in [6.45, 7) is 0. The van der Waals surface area contributed by atoms with Crippen LogP contribution in [0, 0.1) is 5.92 Å². The first-order valence-electron chi connectivity index (χ1n) is 4.82. The summed E-state index contributed by atoms with van der Waals surface area (Å²) in [6.07, 6.45) is 1.71. The molecule has 1 aliphatic carbocycles. The Morgan fingerprint density at radius 2 is 2.21 bits per heavy atom. The van der Waals surface area contributed by atoms with Crippen LogP contribution >= 0.6 is 15.9 Å². The average Bonchev–Trinajstić information content (AvgIpc) is 2.63. The summed E-state index contributed by atoms with van der Waals surface area (Å²) >= 11 is 3.56. The van der Waals surface area contributed by atoms with Gasteiger partial charge < -0.3 is 5.32 Å². The third-order valence-corrected chi connectivity index (χ3v) is 3.93. The second-order valence-electron chi connectivity index (χ2n) is 4.02. The van der Waals surface area contributed by atoms with E-state index in [9.17, 15) is 4.79 Å². The number of carbonyl (C=O) groups is 1. The van der Waals surface area contributed by atoms with Crippen LogP contribution < -0.4 is 5.32 Å². The number of benzene rings is 1. The number of nitrogens with one attached hydrogen (secondary N) is 1. The highest BCUT2D eigenvalue weighted by Crippen LogP contribution is 2.43. The molecule has 1 fully saturated rings. The lowest BCUT2D eigenvalue weighted by Gasteiger charge is -2.09. The fraction of sp³-hybridized carbons (Fsp3) is 0.364. The van der Waals surface area contributed by atoms with Crippen LogP contribution in [0.15, 0.2) is 22.7 Å². The first kappa shape index (κ1) is 8.48. The van der Waals surface area contributed by atoms with Crippen molar-refractivity contribution in [1.82, 2.24) is 5.32 Å². The van der Waals surface area contributed by atoms with Gasteiger partial charge in [0.05, 0.1) is 6.04 Å². The van der Waals surface area contributed by atoms with Crippen LogP contribution in [-0.2, 0) is 11.2 Å². The SMILES string of the molecule is O=C1CC2Cc3c(Br)cccc3C2N1. The molecular weight excluding hydrogens is 242 g/mol. The largest absolute Gasteiger partial charge is 0.349 e. The molecule has 3 rings (SSSR count). The molecule has 3 heteroatoms. The molecule has 1 heterocycles. The van der Waals surface area contributed by atoms with E-state index in [0.717, 1.165) is 6.42 Å².